The summed E-state index contributed by atoms with van der Waals surface area (Å²) in [6.07, 6.45) is 14.7. The second-order valence-corrected chi connectivity index (χ2v) is 10.5. The molecule has 120 valence electrons. The molecular formula is C19H25CoP2. The van der Waals surface area contributed by atoms with Crippen molar-refractivity contribution in [3.8, 4) is 0 Å². The molecule has 3 rings (SSSR count). The van der Waals surface area contributed by atoms with Crippen LogP contribution in [0, 0.1) is 16.7 Å². The SMILES string of the molecule is C1=C[C]2C=CC=C2C=C1.CC(C)(C)C1=PC(C(C)(C)C)=P1.[Co]. The first-order chi connectivity index (χ1) is 9.68. The van der Waals surface area contributed by atoms with E-state index in [9.17, 15) is 0 Å². The van der Waals surface area contributed by atoms with Gasteiger partial charge in [0.15, 0.2) is 0 Å². The zero-order valence-corrected chi connectivity index (χ0v) is 17.1. The Morgan fingerprint density at radius 1 is 0.682 bits per heavy atom. The van der Waals surface area contributed by atoms with E-state index >= 15 is 0 Å². The van der Waals surface area contributed by atoms with E-state index < -0.39 is 0 Å². The minimum atomic E-state index is 0. The maximum Gasteiger partial charge on any atom is 0.0485 e. The zero-order valence-electron chi connectivity index (χ0n) is 14.3. The van der Waals surface area contributed by atoms with Crippen molar-refractivity contribution in [1.29, 1.82) is 0 Å². The predicted molar refractivity (Wildman–Crippen MR) is 102 cm³/mol. The summed E-state index contributed by atoms with van der Waals surface area (Å²) in [6.45, 7) is 13.8. The summed E-state index contributed by atoms with van der Waals surface area (Å²) in [7, 11) is 3.04. The fourth-order valence-corrected chi connectivity index (χ4v) is 4.60. The topological polar surface area (TPSA) is 0 Å². The van der Waals surface area contributed by atoms with Gasteiger partial charge in [0.25, 0.3) is 0 Å². The first-order valence-corrected chi connectivity index (χ1v) is 9.25. The Balaban J connectivity index is 0.000000217. The number of allylic oxidation sites excluding steroid dienone is 8. The van der Waals surface area contributed by atoms with Gasteiger partial charge in [-0.05, 0) is 16.4 Å². The summed E-state index contributed by atoms with van der Waals surface area (Å²) >= 11 is 0. The molecule has 3 aliphatic rings. The Hall–Kier alpha value is -0.194. The molecule has 0 aromatic carbocycles. The Morgan fingerprint density at radius 2 is 1.14 bits per heavy atom. The molecule has 3 heteroatoms. The molecule has 0 saturated heterocycles. The van der Waals surface area contributed by atoms with Crippen molar-refractivity contribution < 1.29 is 16.8 Å². The molecule has 2 radical (unpaired) electrons. The molecule has 0 saturated carbocycles. The van der Waals surface area contributed by atoms with E-state index in [4.69, 9.17) is 0 Å². The maximum atomic E-state index is 2.31. The van der Waals surface area contributed by atoms with Crippen LogP contribution in [0.5, 0.6) is 0 Å². The second kappa shape index (κ2) is 7.58. The molecule has 0 N–H and O–H groups in total. The summed E-state index contributed by atoms with van der Waals surface area (Å²) in [5.74, 6) is 1.33. The molecule has 1 aliphatic heterocycles. The van der Waals surface area contributed by atoms with Gasteiger partial charge in [-0.25, -0.2) is 0 Å². The minimum absolute atomic E-state index is 0. The zero-order chi connectivity index (χ0) is 15.7. The Labute approximate surface area is 149 Å². The van der Waals surface area contributed by atoms with Gasteiger partial charge in [0.1, 0.15) is 0 Å². The number of rotatable bonds is 0. The van der Waals surface area contributed by atoms with E-state index in [1.165, 1.54) is 27.9 Å². The van der Waals surface area contributed by atoms with Crippen molar-refractivity contribution in [2.24, 2.45) is 10.8 Å². The monoisotopic (exact) mass is 374 g/mol. The summed E-state index contributed by atoms with van der Waals surface area (Å²) in [5, 5.41) is 3.35. The van der Waals surface area contributed by atoms with Crippen molar-refractivity contribution in [2.75, 3.05) is 0 Å². The predicted octanol–water partition coefficient (Wildman–Crippen LogP) is 6.42. The van der Waals surface area contributed by atoms with E-state index in [0.717, 1.165) is 0 Å². The van der Waals surface area contributed by atoms with Crippen molar-refractivity contribution in [1.82, 2.24) is 0 Å². The first-order valence-electron chi connectivity index (χ1n) is 7.47. The van der Waals surface area contributed by atoms with Gasteiger partial charge in [-0.2, -0.15) is 0 Å². The first kappa shape index (κ1) is 19.9. The molecule has 0 aromatic rings. The fraction of sp³-hybridized carbons (Fsp3) is 0.421. The van der Waals surface area contributed by atoms with Crippen LogP contribution in [0.25, 0.3) is 0 Å². The molecule has 2 aliphatic carbocycles. The van der Waals surface area contributed by atoms with E-state index in [1.54, 1.807) is 10.1 Å². The number of fused-ring (bicyclic) bond motifs is 1. The summed E-state index contributed by atoms with van der Waals surface area (Å²) in [5.41, 5.74) is 2.16. The van der Waals surface area contributed by atoms with E-state index in [2.05, 4.69) is 84.1 Å². The minimum Gasteiger partial charge on any atom is -0.0687 e. The van der Waals surface area contributed by atoms with Crippen molar-refractivity contribution in [3.05, 3.63) is 54.0 Å². The van der Waals surface area contributed by atoms with Crippen LogP contribution in [-0.4, -0.2) is 10.1 Å². The average molecular weight is 374 g/mol. The van der Waals surface area contributed by atoms with Gasteiger partial charge in [0.05, 0.1) is 0 Å². The third-order valence-electron chi connectivity index (χ3n) is 3.31. The molecule has 0 aromatic heterocycles. The quantitative estimate of drug-likeness (QED) is 0.429. The summed E-state index contributed by atoms with van der Waals surface area (Å²) in [6, 6.07) is 0. The summed E-state index contributed by atoms with van der Waals surface area (Å²) < 4.78 is 0. The molecule has 0 unspecified atom stereocenters. The van der Waals surface area contributed by atoms with E-state index in [1.807, 2.05) is 0 Å². The molecule has 0 amide bonds. The van der Waals surface area contributed by atoms with Crippen LogP contribution in [0.15, 0.2) is 48.1 Å². The summed E-state index contributed by atoms with van der Waals surface area (Å²) in [4.78, 5) is 0. The fourth-order valence-electron chi connectivity index (χ4n) is 1.95. The van der Waals surface area contributed by atoms with Crippen LogP contribution < -0.4 is 0 Å². The molecule has 0 nitrogen and oxygen atoms in total. The normalized spacial score (nSPS) is 20.5. The molecule has 0 spiro atoms. The molecule has 22 heavy (non-hydrogen) atoms. The Bertz CT molecular complexity index is 554. The maximum absolute atomic E-state index is 2.31. The number of hydrogen-bond donors (Lipinski definition) is 0. The van der Waals surface area contributed by atoms with E-state index in [0.29, 0.717) is 10.8 Å². The van der Waals surface area contributed by atoms with Gasteiger partial charge in [-0.1, -0.05) is 100 Å². The van der Waals surface area contributed by atoms with Gasteiger partial charge in [0, 0.05) is 32.8 Å². The van der Waals surface area contributed by atoms with Crippen LogP contribution in [0.1, 0.15) is 41.5 Å². The average Bonchev–Trinajstić information content (AvgIpc) is 2.70. The third-order valence-corrected chi connectivity index (χ3v) is 8.04. The Kier molecular flexibility index (Phi) is 6.84. The van der Waals surface area contributed by atoms with Crippen LogP contribution in [0.3, 0.4) is 0 Å². The van der Waals surface area contributed by atoms with Crippen molar-refractivity contribution in [2.45, 2.75) is 41.5 Å². The molecule has 1 heterocycles. The molecular weight excluding hydrogens is 349 g/mol. The van der Waals surface area contributed by atoms with Gasteiger partial charge in [-0.3, -0.25) is 0 Å². The molecule has 0 bridgehead atoms. The van der Waals surface area contributed by atoms with Crippen LogP contribution in [0.2, 0.25) is 0 Å². The number of hydrogen-bond acceptors (Lipinski definition) is 0. The smallest absolute Gasteiger partial charge is 0.0485 e. The molecule has 0 fully saturated rings. The van der Waals surface area contributed by atoms with Gasteiger partial charge in [-0.15, -0.1) is 0 Å². The molecule has 0 atom stereocenters. The van der Waals surface area contributed by atoms with E-state index in [-0.39, 0.29) is 16.8 Å². The van der Waals surface area contributed by atoms with Crippen LogP contribution in [0.4, 0.5) is 0 Å². The third kappa shape index (κ3) is 5.17. The van der Waals surface area contributed by atoms with Gasteiger partial charge in [0.2, 0.25) is 0 Å². The van der Waals surface area contributed by atoms with Crippen LogP contribution in [-0.2, 0) is 16.8 Å². The standard InChI is InChI=1S/C10H18P2.C9H7.Co/c1-9(2,3)7-11-8(12-7)10(4,5)6;1-2-5-9-7-3-6-8(9)4-1;/h1-6H3;1-7H;. The van der Waals surface area contributed by atoms with Crippen LogP contribution >= 0.6 is 16.4 Å². The largest absolute Gasteiger partial charge is 0.0687 e. The second-order valence-electron chi connectivity index (χ2n) is 7.53. The van der Waals surface area contributed by atoms with Crippen molar-refractivity contribution in [3.63, 3.8) is 0 Å². The van der Waals surface area contributed by atoms with Gasteiger partial charge < -0.3 is 0 Å². The Morgan fingerprint density at radius 3 is 1.59 bits per heavy atom. The van der Waals surface area contributed by atoms with Crippen molar-refractivity contribution >= 4 is 26.5 Å². The van der Waals surface area contributed by atoms with Gasteiger partial charge >= 0.3 is 0 Å².